The normalized spacial score (nSPS) is 22.1. The van der Waals surface area contributed by atoms with Crippen LogP contribution < -0.4 is 9.46 Å². The van der Waals surface area contributed by atoms with Crippen LogP contribution in [-0.4, -0.2) is 49.2 Å². The smallest absolute Gasteiger partial charge is 0.345 e. The van der Waals surface area contributed by atoms with Crippen LogP contribution in [0.25, 0.3) is 0 Å². The molecule has 3 atom stereocenters. The molecule has 13 heteroatoms. The van der Waals surface area contributed by atoms with E-state index in [0.717, 1.165) is 18.5 Å². The summed E-state index contributed by atoms with van der Waals surface area (Å²) < 4.78 is 93.4. The van der Waals surface area contributed by atoms with Crippen LogP contribution in [0.5, 0.6) is 5.75 Å². The number of nitrogens with one attached hydrogen (secondary N) is 1. The second-order valence-electron chi connectivity index (χ2n) is 9.02. The molecular formula is C25H24F4N4O4S. The lowest BCUT2D eigenvalue weighted by Gasteiger charge is -2.45. The van der Waals surface area contributed by atoms with Crippen molar-refractivity contribution in [2.45, 2.75) is 49.0 Å². The van der Waals surface area contributed by atoms with Crippen LogP contribution in [-0.2, 0) is 14.8 Å². The second kappa shape index (κ2) is 10.8. The average molecular weight is 553 g/mol. The maximum Gasteiger partial charge on any atom is 0.345 e. The van der Waals surface area contributed by atoms with Gasteiger partial charge in [-0.15, -0.1) is 0 Å². The molecule has 38 heavy (non-hydrogen) atoms. The molecule has 0 unspecified atom stereocenters. The summed E-state index contributed by atoms with van der Waals surface area (Å²) in [5, 5.41) is 0. The Labute approximate surface area is 216 Å². The minimum atomic E-state index is -4.33. The quantitative estimate of drug-likeness (QED) is 0.420. The Morgan fingerprint density at radius 2 is 1.87 bits per heavy atom. The van der Waals surface area contributed by atoms with Gasteiger partial charge >= 0.3 is 6.61 Å². The van der Waals surface area contributed by atoms with Gasteiger partial charge in [-0.1, -0.05) is 12.1 Å². The first-order valence-corrected chi connectivity index (χ1v) is 13.4. The monoisotopic (exact) mass is 552 g/mol. The van der Waals surface area contributed by atoms with Gasteiger partial charge in [-0.05, 0) is 42.7 Å². The lowest BCUT2D eigenvalue weighted by molar-refractivity contribution is -0.180. The van der Waals surface area contributed by atoms with E-state index >= 15 is 4.39 Å². The number of aromatic nitrogens is 2. The number of rotatable bonds is 7. The SMILES string of the molecule is O=S(=O)(Nc1ccncn1)c1cc2c(cc1F)[C@@H](N1CC[C@@H](OC(F)F)C[C@H]1c1ccc(F)cc1)CCO2. The molecule has 5 rings (SSSR count). The molecule has 0 saturated carbocycles. The Kier molecular flexibility index (Phi) is 7.50. The van der Waals surface area contributed by atoms with Crippen LogP contribution >= 0.6 is 0 Å². The fraction of sp³-hybridized carbons (Fsp3) is 0.360. The van der Waals surface area contributed by atoms with Crippen molar-refractivity contribution in [3.63, 3.8) is 0 Å². The molecule has 1 fully saturated rings. The van der Waals surface area contributed by atoms with Gasteiger partial charge in [0.15, 0.2) is 0 Å². The number of likely N-dealkylation sites (tertiary alicyclic amines) is 1. The van der Waals surface area contributed by atoms with Crippen molar-refractivity contribution < 1.29 is 35.5 Å². The minimum absolute atomic E-state index is 0.0213. The van der Waals surface area contributed by atoms with Gasteiger partial charge in [-0.25, -0.2) is 27.2 Å². The number of hydrogen-bond acceptors (Lipinski definition) is 7. The van der Waals surface area contributed by atoms with Crippen LogP contribution in [0, 0.1) is 11.6 Å². The standard InChI is InChI=1S/C25H24F4N4O4S/c26-16-3-1-15(2-4-16)21-11-17(37-25(28)29)6-9-33(21)20-7-10-36-22-13-23(19(27)12-18(20)22)38(34,35)32-24-5-8-30-14-31-24/h1-5,8,12-14,17,20-21,25H,6-7,9-11H2,(H,30,31,32)/t17-,20+,21+/m1/s1. The number of halogens is 4. The van der Waals surface area contributed by atoms with Crippen LogP contribution in [0.1, 0.15) is 42.5 Å². The van der Waals surface area contributed by atoms with Crippen molar-refractivity contribution in [1.82, 2.24) is 14.9 Å². The number of benzene rings is 2. The zero-order valence-electron chi connectivity index (χ0n) is 19.9. The van der Waals surface area contributed by atoms with Crippen LogP contribution in [0.4, 0.5) is 23.4 Å². The Balaban J connectivity index is 1.47. The average Bonchev–Trinajstić information content (AvgIpc) is 2.88. The predicted octanol–water partition coefficient (Wildman–Crippen LogP) is 4.82. The Morgan fingerprint density at radius 1 is 1.08 bits per heavy atom. The first kappa shape index (κ1) is 26.3. The van der Waals surface area contributed by atoms with Crippen molar-refractivity contribution in [2.24, 2.45) is 0 Å². The molecular weight excluding hydrogens is 528 g/mol. The lowest BCUT2D eigenvalue weighted by Crippen LogP contribution is -2.43. The number of nitrogens with zero attached hydrogens (tertiary/aromatic N) is 3. The molecule has 0 amide bonds. The molecule has 1 aromatic heterocycles. The third-order valence-electron chi connectivity index (χ3n) is 6.73. The molecule has 0 radical (unpaired) electrons. The van der Waals surface area contributed by atoms with Crippen LogP contribution in [0.3, 0.4) is 0 Å². The number of fused-ring (bicyclic) bond motifs is 1. The Hall–Kier alpha value is -3.29. The zero-order valence-corrected chi connectivity index (χ0v) is 20.8. The van der Waals surface area contributed by atoms with E-state index in [2.05, 4.69) is 14.7 Å². The van der Waals surface area contributed by atoms with E-state index in [1.807, 2.05) is 4.90 Å². The minimum Gasteiger partial charge on any atom is -0.493 e. The molecule has 1 saturated heterocycles. The molecule has 3 aromatic rings. The molecule has 2 aliphatic heterocycles. The molecule has 3 heterocycles. The van der Waals surface area contributed by atoms with Crippen molar-refractivity contribution in [1.29, 1.82) is 0 Å². The fourth-order valence-corrected chi connectivity index (χ4v) is 6.16. The third-order valence-corrected chi connectivity index (χ3v) is 8.10. The summed E-state index contributed by atoms with van der Waals surface area (Å²) in [6.45, 7) is -2.35. The van der Waals surface area contributed by atoms with Gasteiger partial charge in [-0.3, -0.25) is 9.62 Å². The van der Waals surface area contributed by atoms with Crippen LogP contribution in [0.15, 0.2) is 59.9 Å². The fourth-order valence-electron chi connectivity index (χ4n) is 5.07. The summed E-state index contributed by atoms with van der Waals surface area (Å²) >= 11 is 0. The number of anilines is 1. The summed E-state index contributed by atoms with van der Waals surface area (Å²) in [7, 11) is -4.33. The van der Waals surface area contributed by atoms with Gasteiger partial charge in [-0.2, -0.15) is 8.78 Å². The van der Waals surface area contributed by atoms with E-state index in [9.17, 15) is 21.6 Å². The van der Waals surface area contributed by atoms with E-state index in [0.29, 0.717) is 30.5 Å². The maximum atomic E-state index is 15.3. The molecule has 0 spiro atoms. The molecule has 1 N–H and O–H groups in total. The predicted molar refractivity (Wildman–Crippen MR) is 128 cm³/mol. The summed E-state index contributed by atoms with van der Waals surface area (Å²) in [4.78, 5) is 8.95. The van der Waals surface area contributed by atoms with Crippen molar-refractivity contribution in [3.8, 4) is 5.75 Å². The highest BCUT2D eigenvalue weighted by molar-refractivity contribution is 7.92. The van der Waals surface area contributed by atoms with E-state index < -0.39 is 51.4 Å². The van der Waals surface area contributed by atoms with Gasteiger partial charge in [0.25, 0.3) is 10.0 Å². The van der Waals surface area contributed by atoms with Gasteiger partial charge in [0.05, 0.1) is 12.7 Å². The number of ether oxygens (including phenoxy) is 2. The first-order valence-electron chi connectivity index (χ1n) is 11.9. The molecule has 8 nitrogen and oxygen atoms in total. The highest BCUT2D eigenvalue weighted by Crippen LogP contribution is 2.45. The van der Waals surface area contributed by atoms with Gasteiger partial charge in [0.1, 0.15) is 34.4 Å². The molecule has 202 valence electrons. The molecule has 0 aliphatic carbocycles. The maximum absolute atomic E-state index is 15.3. The highest BCUT2D eigenvalue weighted by atomic mass is 32.2. The van der Waals surface area contributed by atoms with E-state index in [-0.39, 0.29) is 24.6 Å². The van der Waals surface area contributed by atoms with E-state index in [4.69, 9.17) is 9.47 Å². The largest absolute Gasteiger partial charge is 0.493 e. The molecule has 0 bridgehead atoms. The number of piperidine rings is 1. The Bertz CT molecular complexity index is 1380. The van der Waals surface area contributed by atoms with Crippen molar-refractivity contribution in [2.75, 3.05) is 17.9 Å². The zero-order chi connectivity index (χ0) is 26.9. The summed E-state index contributed by atoms with van der Waals surface area (Å²) in [5.74, 6) is -1.23. The van der Waals surface area contributed by atoms with Crippen molar-refractivity contribution in [3.05, 3.63) is 77.8 Å². The number of sulfonamides is 1. The van der Waals surface area contributed by atoms with Gasteiger partial charge < -0.3 is 9.47 Å². The summed E-state index contributed by atoms with van der Waals surface area (Å²) in [6.07, 6.45) is 2.78. The van der Waals surface area contributed by atoms with Crippen LogP contribution in [0.2, 0.25) is 0 Å². The summed E-state index contributed by atoms with van der Waals surface area (Å²) in [5.41, 5.74) is 1.14. The van der Waals surface area contributed by atoms with Crippen molar-refractivity contribution >= 4 is 15.8 Å². The number of hydrogen-bond donors (Lipinski definition) is 1. The van der Waals surface area contributed by atoms with E-state index in [1.165, 1.54) is 24.4 Å². The second-order valence-corrected chi connectivity index (χ2v) is 10.7. The Morgan fingerprint density at radius 3 is 2.58 bits per heavy atom. The van der Waals surface area contributed by atoms with Gasteiger partial charge in [0, 0.05) is 42.9 Å². The number of alkyl halides is 2. The third kappa shape index (κ3) is 5.59. The topological polar surface area (TPSA) is 93.7 Å². The van der Waals surface area contributed by atoms with Gasteiger partial charge in [0.2, 0.25) is 0 Å². The highest BCUT2D eigenvalue weighted by Gasteiger charge is 2.39. The molecule has 2 aromatic carbocycles. The lowest BCUT2D eigenvalue weighted by atomic mass is 9.88. The first-order chi connectivity index (χ1) is 18.2. The molecule has 2 aliphatic rings. The summed E-state index contributed by atoms with van der Waals surface area (Å²) in [6, 6.07) is 8.56. The van der Waals surface area contributed by atoms with E-state index in [1.54, 1.807) is 12.1 Å².